The molecule has 4 rings (SSSR count). The van der Waals surface area contributed by atoms with Crippen LogP contribution in [0.15, 0.2) is 6.07 Å². The van der Waals surface area contributed by atoms with Crippen LogP contribution in [-0.4, -0.2) is 83.9 Å². The zero-order chi connectivity index (χ0) is 21.3. The number of halogens is 2. The van der Waals surface area contributed by atoms with Crippen molar-refractivity contribution in [2.75, 3.05) is 51.3 Å². The van der Waals surface area contributed by atoms with Gasteiger partial charge in [-0.15, -0.1) is 0 Å². The van der Waals surface area contributed by atoms with E-state index in [1.807, 2.05) is 24.8 Å². The topological polar surface area (TPSA) is 62.6 Å². The molecule has 9 heteroatoms. The molecule has 0 radical (unpaired) electrons. The number of hydrogen-bond donors (Lipinski definition) is 1. The van der Waals surface area contributed by atoms with Crippen LogP contribution in [0, 0.1) is 18.8 Å². The van der Waals surface area contributed by atoms with Crippen molar-refractivity contribution >= 4 is 11.7 Å². The predicted molar refractivity (Wildman–Crippen MR) is 110 cm³/mol. The SMILES string of the molecule is Cc1cc2n(n1)[C@@H](C(F)F)C[C@@H]([C@@H]1CCCN(C(=O)[C@H](C)CN3CCOCC3)C1)N2. The molecule has 1 amide bonds. The van der Waals surface area contributed by atoms with Gasteiger partial charge in [-0.1, -0.05) is 6.92 Å². The minimum absolute atomic E-state index is 0.0703. The number of ether oxygens (including phenoxy) is 1. The first-order valence-corrected chi connectivity index (χ1v) is 11.1. The maximum Gasteiger partial charge on any atom is 0.260 e. The van der Waals surface area contributed by atoms with Crippen molar-refractivity contribution in [1.82, 2.24) is 19.6 Å². The average Bonchev–Trinajstić information content (AvgIpc) is 3.13. The molecule has 168 valence electrons. The number of aryl methyl sites for hydroxylation is 1. The van der Waals surface area contributed by atoms with Gasteiger partial charge in [0.05, 0.1) is 18.9 Å². The number of piperidine rings is 1. The first-order chi connectivity index (χ1) is 14.4. The molecule has 0 saturated carbocycles. The second kappa shape index (κ2) is 9.18. The van der Waals surface area contributed by atoms with Gasteiger partial charge in [-0.2, -0.15) is 5.10 Å². The van der Waals surface area contributed by atoms with Crippen molar-refractivity contribution in [3.8, 4) is 0 Å². The van der Waals surface area contributed by atoms with Gasteiger partial charge >= 0.3 is 0 Å². The second-order valence-electron chi connectivity index (χ2n) is 9.00. The third-order valence-electron chi connectivity index (χ3n) is 6.69. The van der Waals surface area contributed by atoms with Crippen molar-refractivity contribution in [2.45, 2.75) is 51.6 Å². The number of alkyl halides is 2. The van der Waals surface area contributed by atoms with Crippen molar-refractivity contribution in [3.05, 3.63) is 11.8 Å². The molecule has 30 heavy (non-hydrogen) atoms. The van der Waals surface area contributed by atoms with Crippen molar-refractivity contribution in [2.24, 2.45) is 11.8 Å². The van der Waals surface area contributed by atoms with E-state index in [1.165, 1.54) is 4.68 Å². The highest BCUT2D eigenvalue weighted by atomic mass is 19.3. The summed E-state index contributed by atoms with van der Waals surface area (Å²) in [5.74, 6) is 0.939. The summed E-state index contributed by atoms with van der Waals surface area (Å²) in [7, 11) is 0. The number of aromatic nitrogens is 2. The maximum atomic E-state index is 13.7. The molecule has 3 aliphatic heterocycles. The molecule has 0 aliphatic carbocycles. The number of morpholine rings is 1. The summed E-state index contributed by atoms with van der Waals surface area (Å²) >= 11 is 0. The smallest absolute Gasteiger partial charge is 0.260 e. The van der Waals surface area contributed by atoms with Gasteiger partial charge in [-0.05, 0) is 32.1 Å². The number of amides is 1. The minimum atomic E-state index is -2.46. The summed E-state index contributed by atoms with van der Waals surface area (Å²) in [6.45, 7) is 9.14. The van der Waals surface area contributed by atoms with Gasteiger partial charge < -0.3 is 15.0 Å². The fourth-order valence-electron chi connectivity index (χ4n) is 5.11. The minimum Gasteiger partial charge on any atom is -0.379 e. The Morgan fingerprint density at radius 1 is 1.33 bits per heavy atom. The molecule has 0 unspecified atom stereocenters. The number of fused-ring (bicyclic) bond motifs is 1. The van der Waals surface area contributed by atoms with Crippen molar-refractivity contribution < 1.29 is 18.3 Å². The summed E-state index contributed by atoms with van der Waals surface area (Å²) in [5, 5.41) is 7.69. The molecular formula is C21H33F2N5O2. The highest BCUT2D eigenvalue weighted by Gasteiger charge is 2.39. The molecule has 4 atom stereocenters. The first-order valence-electron chi connectivity index (χ1n) is 11.1. The third-order valence-corrected chi connectivity index (χ3v) is 6.69. The van der Waals surface area contributed by atoms with E-state index in [2.05, 4.69) is 15.3 Å². The molecule has 2 saturated heterocycles. The van der Waals surface area contributed by atoms with Crippen LogP contribution in [0.25, 0.3) is 0 Å². The van der Waals surface area contributed by atoms with Gasteiger partial charge in [0.25, 0.3) is 6.43 Å². The summed E-state index contributed by atoms with van der Waals surface area (Å²) in [5.41, 5.74) is 0.737. The monoisotopic (exact) mass is 425 g/mol. The molecule has 0 bridgehead atoms. The van der Waals surface area contributed by atoms with Gasteiger partial charge in [0.15, 0.2) is 0 Å². The third kappa shape index (κ3) is 4.61. The first kappa shape index (κ1) is 21.5. The van der Waals surface area contributed by atoms with Gasteiger partial charge in [0.2, 0.25) is 5.91 Å². The van der Waals surface area contributed by atoms with E-state index < -0.39 is 12.5 Å². The number of anilines is 1. The summed E-state index contributed by atoms with van der Waals surface area (Å²) < 4.78 is 34.3. The number of nitrogens with one attached hydrogen (secondary N) is 1. The Morgan fingerprint density at radius 3 is 2.83 bits per heavy atom. The van der Waals surface area contributed by atoms with E-state index in [0.29, 0.717) is 18.8 Å². The molecule has 0 spiro atoms. The van der Waals surface area contributed by atoms with Crippen LogP contribution in [0.3, 0.4) is 0 Å². The molecule has 7 nitrogen and oxygen atoms in total. The van der Waals surface area contributed by atoms with Gasteiger partial charge in [-0.3, -0.25) is 9.69 Å². The Bertz CT molecular complexity index is 737. The molecule has 4 heterocycles. The molecule has 1 aromatic heterocycles. The quantitative estimate of drug-likeness (QED) is 0.785. The summed E-state index contributed by atoms with van der Waals surface area (Å²) in [6.07, 6.45) is -0.261. The number of likely N-dealkylation sites (tertiary alicyclic amines) is 1. The Kier molecular flexibility index (Phi) is 6.57. The largest absolute Gasteiger partial charge is 0.379 e. The Balaban J connectivity index is 1.39. The number of rotatable bonds is 5. The lowest BCUT2D eigenvalue weighted by molar-refractivity contribution is -0.138. The Morgan fingerprint density at radius 2 is 2.10 bits per heavy atom. The normalized spacial score (nSPS) is 28.8. The standard InChI is InChI=1S/C21H33F2N5O2/c1-14(12-26-6-8-30-9-7-26)21(29)27-5-3-4-16(13-27)17-11-18(20(22)23)28-19(24-17)10-15(2)25-28/h10,14,16-18,20,24H,3-9,11-13H2,1-2H3/t14-,16-,17+,18-/m1/s1. The number of nitrogens with zero attached hydrogens (tertiary/aromatic N) is 4. The molecule has 0 aromatic carbocycles. The Hall–Kier alpha value is -1.74. The van der Waals surface area contributed by atoms with Crippen LogP contribution in [0.1, 0.15) is 37.9 Å². The zero-order valence-electron chi connectivity index (χ0n) is 17.9. The molecule has 1 aromatic rings. The number of hydrogen-bond acceptors (Lipinski definition) is 5. The van der Waals surface area contributed by atoms with Gasteiger partial charge in [0.1, 0.15) is 11.9 Å². The number of carbonyl (C=O) groups is 1. The van der Waals surface area contributed by atoms with E-state index in [1.54, 1.807) is 0 Å². The second-order valence-corrected chi connectivity index (χ2v) is 9.00. The highest BCUT2D eigenvalue weighted by molar-refractivity contribution is 5.78. The van der Waals surface area contributed by atoms with E-state index in [9.17, 15) is 13.6 Å². The lowest BCUT2D eigenvalue weighted by atomic mass is 9.85. The molecule has 2 fully saturated rings. The zero-order valence-corrected chi connectivity index (χ0v) is 17.9. The van der Waals surface area contributed by atoms with E-state index in [-0.39, 0.29) is 23.8 Å². The molecule has 3 aliphatic rings. The number of carbonyl (C=O) groups excluding carboxylic acids is 1. The average molecular weight is 426 g/mol. The van der Waals surface area contributed by atoms with E-state index in [4.69, 9.17) is 4.74 Å². The summed E-state index contributed by atoms with van der Waals surface area (Å²) in [4.78, 5) is 17.3. The fourth-order valence-corrected chi connectivity index (χ4v) is 5.11. The van der Waals surface area contributed by atoms with Crippen molar-refractivity contribution in [3.63, 3.8) is 0 Å². The van der Waals surface area contributed by atoms with Crippen LogP contribution >= 0.6 is 0 Å². The summed E-state index contributed by atoms with van der Waals surface area (Å²) in [6, 6.07) is 0.849. The lowest BCUT2D eigenvalue weighted by Gasteiger charge is -2.42. The van der Waals surface area contributed by atoms with Gasteiger partial charge in [-0.25, -0.2) is 13.5 Å². The van der Waals surface area contributed by atoms with E-state index >= 15 is 0 Å². The van der Waals surface area contributed by atoms with E-state index in [0.717, 1.165) is 57.9 Å². The maximum absolute atomic E-state index is 13.7. The van der Waals surface area contributed by atoms with Crippen LogP contribution < -0.4 is 5.32 Å². The van der Waals surface area contributed by atoms with Gasteiger partial charge in [0, 0.05) is 50.7 Å². The van der Waals surface area contributed by atoms with Crippen LogP contribution in [0.5, 0.6) is 0 Å². The molecular weight excluding hydrogens is 392 g/mol. The van der Waals surface area contributed by atoms with Crippen LogP contribution in [-0.2, 0) is 9.53 Å². The Labute approximate surface area is 176 Å². The van der Waals surface area contributed by atoms with Crippen molar-refractivity contribution in [1.29, 1.82) is 0 Å². The highest BCUT2D eigenvalue weighted by Crippen LogP contribution is 2.36. The lowest BCUT2D eigenvalue weighted by Crippen LogP contribution is -2.50. The van der Waals surface area contributed by atoms with Crippen LogP contribution in [0.4, 0.5) is 14.6 Å². The predicted octanol–water partition coefficient (Wildman–Crippen LogP) is 2.39. The van der Waals surface area contributed by atoms with Crippen LogP contribution in [0.2, 0.25) is 0 Å². The fraction of sp³-hybridized carbons (Fsp3) is 0.810. The molecule has 1 N–H and O–H groups in total.